The molecule has 0 heterocycles. The summed E-state index contributed by atoms with van der Waals surface area (Å²) >= 11 is 0. The largest absolute Gasteiger partial charge is 0.198 e. The van der Waals surface area contributed by atoms with Gasteiger partial charge in [0.2, 0.25) is 0 Å². The molecule has 0 atom stereocenters. The van der Waals surface area contributed by atoms with Crippen LogP contribution in [0.25, 0.3) is 0 Å². The molecule has 0 unspecified atom stereocenters. The molecule has 0 fully saturated rings. The Labute approximate surface area is 60.9 Å². The van der Waals surface area contributed by atoms with Crippen LogP contribution >= 0.6 is 0 Å². The van der Waals surface area contributed by atoms with Crippen molar-refractivity contribution in [1.82, 2.24) is 0 Å². The first-order chi connectivity index (χ1) is 4.83. The van der Waals surface area contributed by atoms with Crippen molar-refractivity contribution >= 4 is 0 Å². The zero-order valence-corrected chi connectivity index (χ0v) is 5.96. The Morgan fingerprint density at radius 2 is 1.90 bits per heavy atom. The quantitative estimate of drug-likeness (QED) is 0.572. The molecule has 0 aliphatic heterocycles. The summed E-state index contributed by atoms with van der Waals surface area (Å²) < 4.78 is 0. The van der Waals surface area contributed by atoms with Crippen molar-refractivity contribution in [3.63, 3.8) is 0 Å². The fourth-order valence-corrected chi connectivity index (χ4v) is 0.797. The smallest absolute Gasteiger partial charge is 0.0669 e. The van der Waals surface area contributed by atoms with Gasteiger partial charge in [-0.25, -0.2) is 0 Å². The van der Waals surface area contributed by atoms with E-state index < -0.39 is 0 Å². The molecule has 0 aliphatic rings. The second-order valence-corrected chi connectivity index (χ2v) is 2.32. The average Bonchev–Trinajstić information content (AvgIpc) is 1.95. The molecule has 1 rings (SSSR count). The van der Waals surface area contributed by atoms with E-state index in [4.69, 9.17) is 5.26 Å². The van der Waals surface area contributed by atoms with E-state index in [1.807, 2.05) is 31.2 Å². The first-order valence-electron chi connectivity index (χ1n) is 3.25. The topological polar surface area (TPSA) is 23.8 Å². The Morgan fingerprint density at radius 1 is 1.30 bits per heavy atom. The van der Waals surface area contributed by atoms with Crippen LogP contribution < -0.4 is 0 Å². The van der Waals surface area contributed by atoms with Crippen LogP contribution in [0.1, 0.15) is 11.1 Å². The van der Waals surface area contributed by atoms with Crippen LogP contribution in [-0.2, 0) is 6.42 Å². The number of benzene rings is 1. The Hall–Kier alpha value is -1.29. The van der Waals surface area contributed by atoms with E-state index in [0.29, 0.717) is 6.42 Å². The molecule has 0 spiro atoms. The first kappa shape index (κ1) is 6.82. The van der Waals surface area contributed by atoms with Crippen LogP contribution in [0.15, 0.2) is 24.3 Å². The van der Waals surface area contributed by atoms with E-state index in [-0.39, 0.29) is 0 Å². The van der Waals surface area contributed by atoms with Crippen molar-refractivity contribution < 1.29 is 0 Å². The summed E-state index contributed by atoms with van der Waals surface area (Å²) in [4.78, 5) is 0. The third-order valence-corrected chi connectivity index (χ3v) is 1.40. The Morgan fingerprint density at radius 3 is 2.40 bits per heavy atom. The molecule has 0 N–H and O–H groups in total. The maximum Gasteiger partial charge on any atom is 0.0669 e. The van der Waals surface area contributed by atoms with E-state index in [2.05, 4.69) is 6.07 Å². The van der Waals surface area contributed by atoms with Gasteiger partial charge in [-0.1, -0.05) is 29.8 Å². The Kier molecular flexibility index (Phi) is 2.07. The third kappa shape index (κ3) is 1.60. The number of rotatable bonds is 1. The van der Waals surface area contributed by atoms with Gasteiger partial charge >= 0.3 is 0 Å². The van der Waals surface area contributed by atoms with Gasteiger partial charge in [0.25, 0.3) is 0 Å². The summed E-state index contributed by atoms with van der Waals surface area (Å²) in [5.74, 6) is 0. The third-order valence-electron chi connectivity index (χ3n) is 1.40. The lowest BCUT2D eigenvalue weighted by atomic mass is 10.1. The molecular weight excluding hydrogens is 122 g/mol. The molecule has 0 saturated carbocycles. The Balaban J connectivity index is 2.81. The van der Waals surface area contributed by atoms with Crippen LogP contribution in [0, 0.1) is 18.3 Å². The maximum atomic E-state index is 8.34. The van der Waals surface area contributed by atoms with Crippen LogP contribution in [0.4, 0.5) is 0 Å². The van der Waals surface area contributed by atoms with Gasteiger partial charge in [-0.3, -0.25) is 0 Å². The molecule has 1 nitrogen and oxygen atoms in total. The molecule has 0 radical (unpaired) electrons. The van der Waals surface area contributed by atoms with Gasteiger partial charge in [-0.05, 0) is 12.5 Å². The Bertz CT molecular complexity index is 240. The van der Waals surface area contributed by atoms with Crippen molar-refractivity contribution in [2.24, 2.45) is 0 Å². The van der Waals surface area contributed by atoms with Crippen molar-refractivity contribution in [2.45, 2.75) is 13.3 Å². The summed E-state index contributed by atoms with van der Waals surface area (Å²) in [6.45, 7) is 2.04. The second-order valence-electron chi connectivity index (χ2n) is 2.32. The first-order valence-corrected chi connectivity index (χ1v) is 3.25. The van der Waals surface area contributed by atoms with Crippen molar-refractivity contribution in [3.05, 3.63) is 35.4 Å². The fourth-order valence-electron chi connectivity index (χ4n) is 0.797. The fraction of sp³-hybridized carbons (Fsp3) is 0.222. The summed E-state index contributed by atoms with van der Waals surface area (Å²) in [6.07, 6.45) is 0.514. The molecule has 1 heteroatoms. The van der Waals surface area contributed by atoms with E-state index in [0.717, 1.165) is 5.56 Å². The minimum absolute atomic E-state index is 0.514. The molecule has 0 bridgehead atoms. The van der Waals surface area contributed by atoms with Gasteiger partial charge in [0.1, 0.15) is 0 Å². The summed E-state index contributed by atoms with van der Waals surface area (Å²) in [5.41, 5.74) is 2.33. The van der Waals surface area contributed by atoms with E-state index >= 15 is 0 Å². The molecule has 0 amide bonds. The molecule has 1 aromatic rings. The number of hydrogen-bond acceptors (Lipinski definition) is 1. The average molecular weight is 131 g/mol. The number of hydrogen-bond donors (Lipinski definition) is 0. The van der Waals surface area contributed by atoms with Crippen LogP contribution in [-0.4, -0.2) is 0 Å². The summed E-state index contributed by atoms with van der Waals surface area (Å²) in [6, 6.07) is 10.1. The van der Waals surface area contributed by atoms with E-state index in [1.54, 1.807) is 0 Å². The molecule has 0 saturated heterocycles. The lowest BCUT2D eigenvalue weighted by Gasteiger charge is -1.93. The maximum absolute atomic E-state index is 8.34. The lowest BCUT2D eigenvalue weighted by molar-refractivity contribution is 1.25. The minimum atomic E-state index is 0.514. The number of nitrogens with zero attached hydrogens (tertiary/aromatic N) is 1. The monoisotopic (exact) mass is 131 g/mol. The lowest BCUT2D eigenvalue weighted by Crippen LogP contribution is -1.79. The van der Waals surface area contributed by atoms with Gasteiger partial charge in [-0.2, -0.15) is 5.26 Å². The van der Waals surface area contributed by atoms with E-state index in [1.165, 1.54) is 5.56 Å². The minimum Gasteiger partial charge on any atom is -0.198 e. The summed E-state index contributed by atoms with van der Waals surface area (Å²) in [5, 5.41) is 8.34. The predicted molar refractivity (Wildman–Crippen MR) is 40.5 cm³/mol. The molecular formula is C9H9N. The van der Waals surface area contributed by atoms with Crippen molar-refractivity contribution in [1.29, 1.82) is 5.26 Å². The highest BCUT2D eigenvalue weighted by molar-refractivity contribution is 5.23. The molecule has 1 aromatic carbocycles. The highest BCUT2D eigenvalue weighted by Gasteiger charge is 1.88. The molecule has 0 aliphatic carbocycles. The van der Waals surface area contributed by atoms with Gasteiger partial charge in [0.05, 0.1) is 12.5 Å². The zero-order valence-electron chi connectivity index (χ0n) is 5.96. The second kappa shape index (κ2) is 3.03. The standard InChI is InChI=1S/C9H9N/c1-8-2-4-9(5-3-8)6-7-10/h2-5H,6H2,1H3. The highest BCUT2D eigenvalue weighted by atomic mass is 14.2. The predicted octanol–water partition coefficient (Wildman–Crippen LogP) is 2.06. The van der Waals surface area contributed by atoms with Gasteiger partial charge in [-0.15, -0.1) is 0 Å². The van der Waals surface area contributed by atoms with Crippen molar-refractivity contribution in [2.75, 3.05) is 0 Å². The van der Waals surface area contributed by atoms with Gasteiger partial charge < -0.3 is 0 Å². The van der Waals surface area contributed by atoms with Crippen LogP contribution in [0.5, 0.6) is 0 Å². The van der Waals surface area contributed by atoms with Crippen LogP contribution in [0.2, 0.25) is 0 Å². The number of nitriles is 1. The normalized spacial score (nSPS) is 8.80. The van der Waals surface area contributed by atoms with Crippen LogP contribution in [0.3, 0.4) is 0 Å². The zero-order chi connectivity index (χ0) is 7.40. The van der Waals surface area contributed by atoms with Crippen molar-refractivity contribution in [3.8, 4) is 6.07 Å². The van der Waals surface area contributed by atoms with Gasteiger partial charge in [0.15, 0.2) is 0 Å². The van der Waals surface area contributed by atoms with E-state index in [9.17, 15) is 0 Å². The molecule has 10 heavy (non-hydrogen) atoms. The molecule has 50 valence electrons. The SMILES string of the molecule is Cc1ccc(CC#N)cc1. The number of aryl methyl sites for hydroxylation is 1. The molecule has 0 aromatic heterocycles. The summed E-state index contributed by atoms with van der Waals surface area (Å²) in [7, 11) is 0. The highest BCUT2D eigenvalue weighted by Crippen LogP contribution is 2.02. The van der Waals surface area contributed by atoms with Gasteiger partial charge in [0, 0.05) is 0 Å².